The van der Waals surface area contributed by atoms with Crippen LogP contribution in [0.5, 0.6) is 0 Å². The van der Waals surface area contributed by atoms with Crippen LogP contribution in [0.4, 0.5) is 39.5 Å². The summed E-state index contributed by atoms with van der Waals surface area (Å²) >= 11 is 0. The minimum absolute atomic E-state index is 0.0758. The van der Waals surface area contributed by atoms with E-state index >= 15 is 0 Å². The maximum atomic E-state index is 12.9. The Morgan fingerprint density at radius 2 is 1.00 bits per heavy atom. The van der Waals surface area contributed by atoms with E-state index in [0.29, 0.717) is 18.2 Å². The van der Waals surface area contributed by atoms with Gasteiger partial charge in [0.2, 0.25) is 11.8 Å². The molecular weight excluding hydrogens is 419 g/mol. The number of nitrogens with zero attached hydrogens (tertiary/aromatic N) is 2. The zero-order valence-corrected chi connectivity index (χ0v) is 13.7. The number of hydrogen-bond acceptors (Lipinski definition) is 3. The Morgan fingerprint density at radius 3 is 1.48 bits per heavy atom. The van der Waals surface area contributed by atoms with E-state index in [9.17, 15) is 39.5 Å². The molecule has 0 fully saturated rings. The molecular formula is C17H7F9N2O. The highest BCUT2D eigenvalue weighted by molar-refractivity contribution is 5.60. The van der Waals surface area contributed by atoms with Gasteiger partial charge in [-0.3, -0.25) is 0 Å². The van der Waals surface area contributed by atoms with E-state index in [1.54, 1.807) is 0 Å². The lowest BCUT2D eigenvalue weighted by molar-refractivity contribution is -0.143. The molecule has 0 N–H and O–H groups in total. The van der Waals surface area contributed by atoms with Crippen LogP contribution in [0.25, 0.3) is 22.9 Å². The first-order valence-electron chi connectivity index (χ1n) is 7.56. The first-order valence-corrected chi connectivity index (χ1v) is 7.56. The van der Waals surface area contributed by atoms with Crippen LogP contribution in [0, 0.1) is 0 Å². The molecule has 12 heteroatoms. The highest BCUT2D eigenvalue weighted by Crippen LogP contribution is 2.39. The number of rotatable bonds is 2. The molecule has 0 radical (unpaired) electrons. The van der Waals surface area contributed by atoms with Crippen LogP contribution in [-0.4, -0.2) is 10.2 Å². The summed E-state index contributed by atoms with van der Waals surface area (Å²) in [6.45, 7) is 0. The van der Waals surface area contributed by atoms with Gasteiger partial charge in [0.15, 0.2) is 0 Å². The van der Waals surface area contributed by atoms with E-state index in [1.165, 1.54) is 6.07 Å². The maximum absolute atomic E-state index is 12.9. The summed E-state index contributed by atoms with van der Waals surface area (Å²) in [7, 11) is 0. The van der Waals surface area contributed by atoms with Gasteiger partial charge >= 0.3 is 18.5 Å². The molecule has 0 aliphatic carbocycles. The van der Waals surface area contributed by atoms with Gasteiger partial charge in [-0.1, -0.05) is 6.07 Å². The molecule has 0 spiro atoms. The summed E-state index contributed by atoms with van der Waals surface area (Å²) in [6.07, 6.45) is -14.8. The highest BCUT2D eigenvalue weighted by atomic mass is 19.4. The molecule has 0 unspecified atom stereocenters. The second-order valence-corrected chi connectivity index (χ2v) is 5.79. The van der Waals surface area contributed by atoms with Gasteiger partial charge in [0.1, 0.15) is 0 Å². The fourth-order valence-corrected chi connectivity index (χ4v) is 2.36. The third-order valence-corrected chi connectivity index (χ3v) is 3.70. The number of alkyl halides is 9. The summed E-state index contributed by atoms with van der Waals surface area (Å²) in [6, 6.07) is 4.30. The second-order valence-electron chi connectivity index (χ2n) is 5.79. The number of benzene rings is 2. The van der Waals surface area contributed by atoms with Gasteiger partial charge in [0, 0.05) is 11.1 Å². The first-order chi connectivity index (χ1) is 13.2. The van der Waals surface area contributed by atoms with Crippen LogP contribution < -0.4 is 0 Å². The Labute approximate surface area is 155 Å². The lowest BCUT2D eigenvalue weighted by Crippen LogP contribution is -2.11. The standard InChI is InChI=1S/C17H7F9N2O/c18-15(19,20)10-3-1-2-8(4-10)13-27-28-14(29-13)9-5-11(16(21,22)23)7-12(6-9)17(24,25)26/h1-7H. The van der Waals surface area contributed by atoms with Crippen molar-refractivity contribution in [3.05, 3.63) is 59.2 Å². The van der Waals surface area contributed by atoms with E-state index in [0.717, 1.165) is 12.1 Å². The third kappa shape index (κ3) is 4.51. The molecule has 154 valence electrons. The number of hydrogen-bond donors (Lipinski definition) is 0. The van der Waals surface area contributed by atoms with Crippen LogP contribution in [0.15, 0.2) is 46.9 Å². The molecule has 0 bridgehead atoms. The Bertz CT molecular complexity index is 1000. The second kappa shape index (κ2) is 6.78. The Hall–Kier alpha value is -3.05. The van der Waals surface area contributed by atoms with E-state index in [2.05, 4.69) is 10.2 Å². The minimum atomic E-state index is -5.08. The van der Waals surface area contributed by atoms with Crippen molar-refractivity contribution in [1.29, 1.82) is 0 Å². The number of aromatic nitrogens is 2. The summed E-state index contributed by atoms with van der Waals surface area (Å²) in [5.41, 5.74) is -5.13. The van der Waals surface area contributed by atoms with Crippen LogP contribution in [0.3, 0.4) is 0 Å². The van der Waals surface area contributed by atoms with Gasteiger partial charge in [-0.2, -0.15) is 39.5 Å². The molecule has 2 aromatic carbocycles. The average Bonchev–Trinajstić information content (AvgIpc) is 3.09. The van der Waals surface area contributed by atoms with E-state index in [1.807, 2.05) is 0 Å². The van der Waals surface area contributed by atoms with Crippen molar-refractivity contribution < 1.29 is 43.9 Å². The zero-order valence-electron chi connectivity index (χ0n) is 13.7. The molecule has 3 rings (SSSR count). The van der Waals surface area contributed by atoms with Crippen molar-refractivity contribution in [2.45, 2.75) is 18.5 Å². The highest BCUT2D eigenvalue weighted by Gasteiger charge is 2.37. The fraction of sp³-hybridized carbons (Fsp3) is 0.176. The predicted octanol–water partition coefficient (Wildman–Crippen LogP) is 6.46. The fourth-order valence-electron chi connectivity index (χ4n) is 2.36. The maximum Gasteiger partial charge on any atom is 0.416 e. The van der Waals surface area contributed by atoms with Crippen molar-refractivity contribution in [2.75, 3.05) is 0 Å². The molecule has 0 aliphatic rings. The van der Waals surface area contributed by atoms with Gasteiger partial charge in [-0.15, -0.1) is 10.2 Å². The first kappa shape index (κ1) is 20.7. The van der Waals surface area contributed by atoms with E-state index in [-0.39, 0.29) is 11.6 Å². The van der Waals surface area contributed by atoms with Gasteiger partial charge < -0.3 is 4.42 Å². The van der Waals surface area contributed by atoms with E-state index in [4.69, 9.17) is 4.42 Å². The summed E-state index contributed by atoms with van der Waals surface area (Å²) in [4.78, 5) is 0. The Balaban J connectivity index is 2.07. The van der Waals surface area contributed by atoms with Crippen molar-refractivity contribution in [3.8, 4) is 22.9 Å². The molecule has 29 heavy (non-hydrogen) atoms. The van der Waals surface area contributed by atoms with Gasteiger partial charge in [0.05, 0.1) is 16.7 Å². The van der Waals surface area contributed by atoms with Crippen LogP contribution in [0.2, 0.25) is 0 Å². The minimum Gasteiger partial charge on any atom is -0.416 e. The van der Waals surface area contributed by atoms with Crippen LogP contribution in [-0.2, 0) is 18.5 Å². The molecule has 0 amide bonds. The van der Waals surface area contributed by atoms with Crippen LogP contribution in [0.1, 0.15) is 16.7 Å². The van der Waals surface area contributed by atoms with Crippen LogP contribution >= 0.6 is 0 Å². The molecule has 0 saturated carbocycles. The average molecular weight is 426 g/mol. The van der Waals surface area contributed by atoms with Crippen molar-refractivity contribution in [2.24, 2.45) is 0 Å². The molecule has 3 nitrogen and oxygen atoms in total. The molecule has 1 heterocycles. The topological polar surface area (TPSA) is 38.9 Å². The van der Waals surface area contributed by atoms with Crippen molar-refractivity contribution in [3.63, 3.8) is 0 Å². The largest absolute Gasteiger partial charge is 0.416 e. The third-order valence-electron chi connectivity index (χ3n) is 3.70. The summed E-state index contributed by atoms with van der Waals surface area (Å²) < 4.78 is 121. The van der Waals surface area contributed by atoms with Crippen molar-refractivity contribution in [1.82, 2.24) is 10.2 Å². The summed E-state index contributed by atoms with van der Waals surface area (Å²) in [5.74, 6) is -1.22. The molecule has 0 saturated heterocycles. The molecule has 0 aliphatic heterocycles. The Kier molecular flexibility index (Phi) is 4.83. The molecule has 3 aromatic rings. The lowest BCUT2D eigenvalue weighted by Gasteiger charge is -2.12. The SMILES string of the molecule is FC(F)(F)c1cccc(-c2nnc(-c3cc(C(F)(F)F)cc(C(F)(F)F)c3)o2)c1. The van der Waals surface area contributed by atoms with Gasteiger partial charge in [-0.25, -0.2) is 0 Å². The zero-order chi connectivity index (χ0) is 21.6. The monoisotopic (exact) mass is 426 g/mol. The summed E-state index contributed by atoms with van der Waals surface area (Å²) in [5, 5.41) is 6.79. The quantitative estimate of drug-likeness (QED) is 0.442. The lowest BCUT2D eigenvalue weighted by atomic mass is 10.0. The Morgan fingerprint density at radius 1 is 0.552 bits per heavy atom. The smallest absolute Gasteiger partial charge is 0.416 e. The normalized spacial score (nSPS) is 13.0. The van der Waals surface area contributed by atoms with Crippen molar-refractivity contribution >= 4 is 0 Å². The van der Waals surface area contributed by atoms with E-state index < -0.39 is 52.6 Å². The van der Waals surface area contributed by atoms with Gasteiger partial charge in [-0.05, 0) is 36.4 Å². The molecule has 1 aromatic heterocycles. The predicted molar refractivity (Wildman–Crippen MR) is 80.2 cm³/mol. The van der Waals surface area contributed by atoms with Gasteiger partial charge in [0.25, 0.3) is 0 Å². The molecule has 0 atom stereocenters. The number of halogens is 9.